The smallest absolute Gasteiger partial charge is 0.269 e. The summed E-state index contributed by atoms with van der Waals surface area (Å²) < 4.78 is 11.8. The maximum absolute atomic E-state index is 10.8. The number of halogens is 1. The van der Waals surface area contributed by atoms with Crippen LogP contribution in [-0.2, 0) is 9.47 Å². The second-order valence-electron chi connectivity index (χ2n) is 5.57. The lowest BCUT2D eigenvalue weighted by Crippen LogP contribution is -2.20. The summed E-state index contributed by atoms with van der Waals surface area (Å²) in [5.74, 6) is 0.319. The van der Waals surface area contributed by atoms with Gasteiger partial charge in [-0.1, -0.05) is 11.6 Å². The Bertz CT molecular complexity index is 779. The van der Waals surface area contributed by atoms with E-state index in [1.165, 1.54) is 12.1 Å². The number of ether oxygens (including phenoxy) is 2. The fraction of sp³-hybridized carbons (Fsp3) is 0.176. The Balaban J connectivity index is 2.06. The first kappa shape index (κ1) is 15.4. The quantitative estimate of drug-likeness (QED) is 0.595. The molecule has 3 rings (SSSR count). The molecule has 23 heavy (non-hydrogen) atoms. The number of rotatable bonds is 3. The van der Waals surface area contributed by atoms with Crippen LogP contribution >= 0.6 is 11.6 Å². The molecule has 0 radical (unpaired) electrons. The van der Waals surface area contributed by atoms with E-state index in [1.807, 2.05) is 12.1 Å². The maximum Gasteiger partial charge on any atom is 0.269 e. The Morgan fingerprint density at radius 3 is 1.78 bits per heavy atom. The Hall–Kier alpha value is -2.53. The molecule has 0 aromatic heterocycles. The lowest BCUT2D eigenvalue weighted by atomic mass is 10.1. The van der Waals surface area contributed by atoms with E-state index in [9.17, 15) is 10.1 Å². The van der Waals surface area contributed by atoms with Gasteiger partial charge in [-0.15, -0.1) is 0 Å². The predicted molar refractivity (Wildman–Crippen MR) is 87.6 cm³/mol. The van der Waals surface area contributed by atoms with Crippen LogP contribution in [0.5, 0.6) is 0 Å². The van der Waals surface area contributed by atoms with Crippen molar-refractivity contribution in [2.45, 2.75) is 19.6 Å². The van der Waals surface area contributed by atoms with Crippen LogP contribution in [0.15, 0.2) is 48.5 Å². The Morgan fingerprint density at radius 2 is 1.35 bits per heavy atom. The van der Waals surface area contributed by atoms with Crippen LogP contribution in [0.2, 0.25) is 5.02 Å². The minimum atomic E-state index is -0.813. The van der Waals surface area contributed by atoms with E-state index in [-0.39, 0.29) is 5.69 Å². The van der Waals surface area contributed by atoms with Crippen molar-refractivity contribution in [1.29, 1.82) is 0 Å². The van der Waals surface area contributed by atoms with Crippen molar-refractivity contribution in [3.63, 3.8) is 0 Å². The zero-order chi connectivity index (χ0) is 16.6. The third kappa shape index (κ3) is 3.14. The van der Waals surface area contributed by atoms with Gasteiger partial charge >= 0.3 is 0 Å². The van der Waals surface area contributed by atoms with Gasteiger partial charge in [0.25, 0.3) is 5.69 Å². The molecule has 0 saturated carbocycles. The van der Waals surface area contributed by atoms with Gasteiger partial charge in [0.2, 0.25) is 5.79 Å². The summed E-state index contributed by atoms with van der Waals surface area (Å²) in [5.41, 5.74) is 1.57. The summed E-state index contributed by atoms with van der Waals surface area (Å²) in [4.78, 5) is 10.3. The third-order valence-electron chi connectivity index (χ3n) is 3.35. The highest BCUT2D eigenvalue weighted by atomic mass is 35.5. The summed E-state index contributed by atoms with van der Waals surface area (Å²) in [6, 6.07) is 13.4. The fourth-order valence-electron chi connectivity index (χ4n) is 2.32. The van der Waals surface area contributed by atoms with E-state index in [0.29, 0.717) is 22.1 Å². The minimum absolute atomic E-state index is 0.0283. The first-order valence-corrected chi connectivity index (χ1v) is 7.36. The lowest BCUT2D eigenvalue weighted by Gasteiger charge is -2.18. The molecule has 6 heteroatoms. The van der Waals surface area contributed by atoms with Gasteiger partial charge in [-0.3, -0.25) is 10.1 Å². The maximum atomic E-state index is 10.8. The number of benzene rings is 2. The van der Waals surface area contributed by atoms with Crippen LogP contribution in [0.4, 0.5) is 5.69 Å². The molecule has 0 atom stereocenters. The van der Waals surface area contributed by atoms with Gasteiger partial charge in [-0.25, -0.2) is 0 Å². The van der Waals surface area contributed by atoms with Crippen molar-refractivity contribution in [3.05, 3.63) is 74.8 Å². The van der Waals surface area contributed by atoms with E-state index in [0.717, 1.165) is 5.56 Å². The summed E-state index contributed by atoms with van der Waals surface area (Å²) in [6.07, 6.45) is 0. The van der Waals surface area contributed by atoms with Gasteiger partial charge in [0.05, 0.1) is 4.92 Å². The topological polar surface area (TPSA) is 61.6 Å². The zero-order valence-corrected chi connectivity index (χ0v) is 13.3. The van der Waals surface area contributed by atoms with Crippen LogP contribution in [0.25, 0.3) is 11.5 Å². The second kappa shape index (κ2) is 5.59. The van der Waals surface area contributed by atoms with Crippen molar-refractivity contribution in [1.82, 2.24) is 0 Å². The molecule has 5 nitrogen and oxygen atoms in total. The molecule has 0 saturated heterocycles. The molecule has 0 bridgehead atoms. The van der Waals surface area contributed by atoms with Crippen LogP contribution in [0.1, 0.15) is 25.0 Å². The standard InChI is InChI=1S/C17H14ClNO4/c1-17(2)22-15(11-3-7-13(18)8-4-11)16(23-17)12-5-9-14(10-6-12)19(20)21/h3-10H,1-2H3. The van der Waals surface area contributed by atoms with E-state index < -0.39 is 10.7 Å². The Kier molecular flexibility index (Phi) is 3.74. The van der Waals surface area contributed by atoms with E-state index in [4.69, 9.17) is 21.1 Å². The molecule has 0 spiro atoms. The lowest BCUT2D eigenvalue weighted by molar-refractivity contribution is -0.384. The first-order chi connectivity index (χ1) is 10.9. The number of nitro groups is 1. The van der Waals surface area contributed by atoms with Gasteiger partial charge in [0.1, 0.15) is 0 Å². The van der Waals surface area contributed by atoms with Crippen molar-refractivity contribution in [3.8, 4) is 0 Å². The third-order valence-corrected chi connectivity index (χ3v) is 3.60. The number of hydrogen-bond donors (Lipinski definition) is 0. The van der Waals surface area contributed by atoms with Crippen LogP contribution in [0, 0.1) is 10.1 Å². The summed E-state index contributed by atoms with van der Waals surface area (Å²) >= 11 is 5.92. The van der Waals surface area contributed by atoms with Crippen molar-refractivity contribution >= 4 is 28.8 Å². The van der Waals surface area contributed by atoms with Crippen molar-refractivity contribution in [2.75, 3.05) is 0 Å². The Labute approximate surface area is 138 Å². The molecule has 0 amide bonds. The number of hydrogen-bond acceptors (Lipinski definition) is 4. The molecule has 0 aliphatic carbocycles. The van der Waals surface area contributed by atoms with Crippen LogP contribution < -0.4 is 0 Å². The van der Waals surface area contributed by atoms with Crippen molar-refractivity contribution < 1.29 is 14.4 Å². The van der Waals surface area contributed by atoms with Gasteiger partial charge in [-0.2, -0.15) is 0 Å². The molecule has 2 aromatic rings. The molecule has 1 heterocycles. The molecule has 1 aliphatic rings. The molecule has 2 aromatic carbocycles. The van der Waals surface area contributed by atoms with Gasteiger partial charge < -0.3 is 9.47 Å². The summed E-state index contributed by atoms with van der Waals surface area (Å²) in [5, 5.41) is 11.4. The summed E-state index contributed by atoms with van der Waals surface area (Å²) in [7, 11) is 0. The van der Waals surface area contributed by atoms with E-state index in [1.54, 1.807) is 38.1 Å². The first-order valence-electron chi connectivity index (χ1n) is 6.99. The molecular weight excluding hydrogens is 318 g/mol. The van der Waals surface area contributed by atoms with E-state index in [2.05, 4.69) is 0 Å². The predicted octanol–water partition coefficient (Wildman–Crippen LogP) is 4.86. The Morgan fingerprint density at radius 1 is 0.913 bits per heavy atom. The summed E-state index contributed by atoms with van der Waals surface area (Å²) in [6.45, 7) is 3.61. The molecule has 0 unspecified atom stereocenters. The molecule has 1 aliphatic heterocycles. The van der Waals surface area contributed by atoms with Gasteiger partial charge in [0, 0.05) is 42.1 Å². The largest absolute Gasteiger partial charge is 0.448 e. The average Bonchev–Trinajstić information content (AvgIpc) is 2.84. The monoisotopic (exact) mass is 331 g/mol. The molecule has 0 N–H and O–H groups in total. The zero-order valence-electron chi connectivity index (χ0n) is 12.6. The second-order valence-corrected chi connectivity index (χ2v) is 6.01. The van der Waals surface area contributed by atoms with E-state index >= 15 is 0 Å². The molecular formula is C17H14ClNO4. The highest BCUT2D eigenvalue weighted by molar-refractivity contribution is 6.30. The average molecular weight is 332 g/mol. The minimum Gasteiger partial charge on any atom is -0.448 e. The van der Waals surface area contributed by atoms with Gasteiger partial charge in [0.15, 0.2) is 11.5 Å². The number of non-ortho nitro benzene ring substituents is 1. The highest BCUT2D eigenvalue weighted by Crippen LogP contribution is 2.41. The number of nitrogens with zero attached hydrogens (tertiary/aromatic N) is 1. The number of nitro benzene ring substituents is 1. The van der Waals surface area contributed by atoms with Crippen LogP contribution in [-0.4, -0.2) is 10.7 Å². The SMILES string of the molecule is CC1(C)OC(c2ccc(Cl)cc2)=C(c2ccc([N+](=O)[O-])cc2)O1. The normalized spacial score (nSPS) is 16.0. The molecule has 0 fully saturated rings. The fourth-order valence-corrected chi connectivity index (χ4v) is 2.45. The highest BCUT2D eigenvalue weighted by Gasteiger charge is 2.35. The van der Waals surface area contributed by atoms with Crippen molar-refractivity contribution in [2.24, 2.45) is 0 Å². The van der Waals surface area contributed by atoms with Gasteiger partial charge in [-0.05, 0) is 36.4 Å². The molecule has 118 valence electrons. The van der Waals surface area contributed by atoms with Crippen LogP contribution in [0.3, 0.4) is 0 Å².